The molecule has 1 aromatic heterocycles. The topological polar surface area (TPSA) is 55.1 Å². The number of nitrogens with two attached hydrogens (primary N) is 1. The maximum atomic E-state index is 11.0. The average molecular weight is 274 g/mol. The molecule has 0 unspecified atom stereocenters. The zero-order chi connectivity index (χ0) is 13.8. The van der Waals surface area contributed by atoms with Crippen molar-refractivity contribution in [2.24, 2.45) is 5.73 Å². The maximum absolute atomic E-state index is 11.0. The first kappa shape index (κ1) is 13.6. The Hall–Kier alpha value is -1.81. The van der Waals surface area contributed by atoms with Crippen molar-refractivity contribution < 1.29 is 4.79 Å². The monoisotopic (exact) mass is 274 g/mol. The van der Waals surface area contributed by atoms with E-state index < -0.39 is 0 Å². The molecule has 1 aromatic carbocycles. The number of para-hydroxylation sites is 1. The molecule has 1 heterocycles. The van der Waals surface area contributed by atoms with Crippen LogP contribution in [0.4, 0.5) is 5.69 Å². The number of carbonyl (C=O) groups excluding carboxylic acids is 1. The largest absolute Gasteiger partial charge is 0.381 e. The minimum Gasteiger partial charge on any atom is -0.381 e. The van der Waals surface area contributed by atoms with Crippen molar-refractivity contribution in [2.45, 2.75) is 26.8 Å². The summed E-state index contributed by atoms with van der Waals surface area (Å²) in [6.45, 7) is 5.01. The molecule has 0 saturated heterocycles. The van der Waals surface area contributed by atoms with Crippen LogP contribution in [0.25, 0.3) is 0 Å². The molecule has 19 heavy (non-hydrogen) atoms. The van der Waals surface area contributed by atoms with E-state index in [-0.39, 0.29) is 12.3 Å². The number of rotatable bonds is 5. The number of thiophene rings is 1. The highest BCUT2D eigenvalue weighted by molar-refractivity contribution is 7.12. The van der Waals surface area contributed by atoms with Crippen molar-refractivity contribution in [1.82, 2.24) is 0 Å². The molecule has 3 nitrogen and oxygen atoms in total. The van der Waals surface area contributed by atoms with E-state index in [9.17, 15) is 4.79 Å². The molecule has 0 atom stereocenters. The van der Waals surface area contributed by atoms with Gasteiger partial charge in [-0.25, -0.2) is 0 Å². The smallest absolute Gasteiger partial charge is 0.221 e. The summed E-state index contributed by atoms with van der Waals surface area (Å²) >= 11 is 1.81. The van der Waals surface area contributed by atoms with Crippen LogP contribution in [0.1, 0.15) is 20.9 Å². The summed E-state index contributed by atoms with van der Waals surface area (Å²) in [4.78, 5) is 13.7. The van der Waals surface area contributed by atoms with Crippen molar-refractivity contribution in [3.63, 3.8) is 0 Å². The van der Waals surface area contributed by atoms with Gasteiger partial charge in [-0.15, -0.1) is 11.3 Å². The molecular formula is C15H18N2OS. The van der Waals surface area contributed by atoms with Crippen molar-refractivity contribution in [3.05, 3.63) is 51.2 Å². The van der Waals surface area contributed by atoms with Gasteiger partial charge >= 0.3 is 0 Å². The summed E-state index contributed by atoms with van der Waals surface area (Å²) in [5, 5.41) is 3.39. The Kier molecular flexibility index (Phi) is 4.22. The van der Waals surface area contributed by atoms with Crippen LogP contribution in [0.3, 0.4) is 0 Å². The average Bonchev–Trinajstić information content (AvgIpc) is 2.66. The third-order valence-electron chi connectivity index (χ3n) is 3.00. The van der Waals surface area contributed by atoms with Gasteiger partial charge in [-0.1, -0.05) is 18.2 Å². The van der Waals surface area contributed by atoms with Gasteiger partial charge < -0.3 is 11.1 Å². The summed E-state index contributed by atoms with van der Waals surface area (Å²) in [6, 6.07) is 9.98. The lowest BCUT2D eigenvalue weighted by molar-refractivity contribution is -0.117. The molecule has 0 spiro atoms. The normalized spacial score (nSPS) is 10.4. The second kappa shape index (κ2) is 5.89. The van der Waals surface area contributed by atoms with Gasteiger partial charge in [0.1, 0.15) is 0 Å². The molecule has 0 fully saturated rings. The van der Waals surface area contributed by atoms with Crippen LogP contribution in [0.2, 0.25) is 0 Å². The van der Waals surface area contributed by atoms with Gasteiger partial charge in [-0.05, 0) is 37.1 Å². The van der Waals surface area contributed by atoms with E-state index in [0.717, 1.165) is 17.8 Å². The van der Waals surface area contributed by atoms with E-state index in [1.165, 1.54) is 15.3 Å². The number of nitrogens with one attached hydrogen (secondary N) is 1. The Balaban J connectivity index is 2.11. The Bertz CT molecular complexity index is 590. The molecule has 1 amide bonds. The summed E-state index contributed by atoms with van der Waals surface area (Å²) in [7, 11) is 0. The number of hydrogen-bond acceptors (Lipinski definition) is 3. The standard InChI is InChI=1S/C15H18N2OS/c1-10-7-13(11(2)19-10)9-17-14-6-4-3-5-12(14)8-15(16)18/h3-7,17H,8-9H2,1-2H3,(H2,16,18). The SMILES string of the molecule is Cc1cc(CNc2ccccc2CC(N)=O)c(C)s1. The first-order chi connectivity index (χ1) is 9.06. The summed E-state index contributed by atoms with van der Waals surface area (Å²) in [5.74, 6) is -0.309. The second-order valence-electron chi connectivity index (χ2n) is 4.59. The van der Waals surface area contributed by atoms with Crippen LogP contribution in [0.15, 0.2) is 30.3 Å². The molecule has 2 aromatic rings. The Morgan fingerprint density at radius 1 is 1.26 bits per heavy atom. The molecule has 0 saturated carbocycles. The summed E-state index contributed by atoms with van der Waals surface area (Å²) in [6.07, 6.45) is 0.269. The predicted molar refractivity (Wildman–Crippen MR) is 80.5 cm³/mol. The molecular weight excluding hydrogens is 256 g/mol. The van der Waals surface area contributed by atoms with E-state index in [2.05, 4.69) is 25.2 Å². The van der Waals surface area contributed by atoms with Gasteiger partial charge in [-0.3, -0.25) is 4.79 Å². The highest BCUT2D eigenvalue weighted by Gasteiger charge is 2.06. The highest BCUT2D eigenvalue weighted by Crippen LogP contribution is 2.23. The molecule has 0 radical (unpaired) electrons. The highest BCUT2D eigenvalue weighted by atomic mass is 32.1. The number of hydrogen-bond donors (Lipinski definition) is 2. The fourth-order valence-electron chi connectivity index (χ4n) is 2.08. The van der Waals surface area contributed by atoms with Crippen LogP contribution in [-0.2, 0) is 17.8 Å². The summed E-state index contributed by atoms with van der Waals surface area (Å²) < 4.78 is 0. The number of benzene rings is 1. The van der Waals surface area contributed by atoms with Gasteiger partial charge in [0.25, 0.3) is 0 Å². The summed E-state index contributed by atoms with van der Waals surface area (Å²) in [5.41, 5.74) is 8.49. The first-order valence-electron chi connectivity index (χ1n) is 6.22. The number of anilines is 1. The lowest BCUT2D eigenvalue weighted by Gasteiger charge is -2.10. The van der Waals surface area contributed by atoms with E-state index in [0.29, 0.717) is 0 Å². The maximum Gasteiger partial charge on any atom is 0.221 e. The van der Waals surface area contributed by atoms with Gasteiger partial charge in [0.15, 0.2) is 0 Å². The van der Waals surface area contributed by atoms with Gasteiger partial charge in [0, 0.05) is 22.0 Å². The third-order valence-corrected chi connectivity index (χ3v) is 4.00. The third kappa shape index (κ3) is 3.58. The number of amides is 1. The van der Waals surface area contributed by atoms with Crippen molar-refractivity contribution in [2.75, 3.05) is 5.32 Å². The van der Waals surface area contributed by atoms with Crippen molar-refractivity contribution in [3.8, 4) is 0 Å². The molecule has 0 aliphatic rings. The number of carbonyl (C=O) groups is 1. The minimum absolute atomic E-state index is 0.269. The molecule has 100 valence electrons. The van der Waals surface area contributed by atoms with E-state index >= 15 is 0 Å². The van der Waals surface area contributed by atoms with Gasteiger partial charge in [-0.2, -0.15) is 0 Å². The Labute approximate surface area is 117 Å². The van der Waals surface area contributed by atoms with Crippen molar-refractivity contribution in [1.29, 1.82) is 0 Å². The zero-order valence-corrected chi connectivity index (χ0v) is 12.0. The van der Waals surface area contributed by atoms with Crippen LogP contribution in [-0.4, -0.2) is 5.91 Å². The molecule has 0 aliphatic carbocycles. The molecule has 3 N–H and O–H groups in total. The van der Waals surface area contributed by atoms with Gasteiger partial charge in [0.2, 0.25) is 5.91 Å². The molecule has 0 bridgehead atoms. The van der Waals surface area contributed by atoms with Crippen LogP contribution in [0.5, 0.6) is 0 Å². The fourth-order valence-corrected chi connectivity index (χ4v) is 3.03. The number of primary amides is 1. The Morgan fingerprint density at radius 3 is 2.63 bits per heavy atom. The van der Waals surface area contributed by atoms with E-state index in [1.54, 1.807) is 11.3 Å². The van der Waals surface area contributed by atoms with E-state index in [4.69, 9.17) is 5.73 Å². The lowest BCUT2D eigenvalue weighted by Crippen LogP contribution is -2.15. The quantitative estimate of drug-likeness (QED) is 0.880. The van der Waals surface area contributed by atoms with Crippen LogP contribution in [0, 0.1) is 13.8 Å². The minimum atomic E-state index is -0.309. The van der Waals surface area contributed by atoms with Gasteiger partial charge in [0.05, 0.1) is 6.42 Å². The van der Waals surface area contributed by atoms with Crippen LogP contribution < -0.4 is 11.1 Å². The first-order valence-corrected chi connectivity index (χ1v) is 7.04. The van der Waals surface area contributed by atoms with E-state index in [1.807, 2.05) is 24.3 Å². The Morgan fingerprint density at radius 2 is 2.00 bits per heavy atom. The fraction of sp³-hybridized carbons (Fsp3) is 0.267. The molecule has 0 aliphatic heterocycles. The molecule has 2 rings (SSSR count). The lowest BCUT2D eigenvalue weighted by atomic mass is 10.1. The zero-order valence-electron chi connectivity index (χ0n) is 11.2. The predicted octanol–water partition coefficient (Wildman–Crippen LogP) is 3.00. The van der Waals surface area contributed by atoms with Crippen LogP contribution >= 0.6 is 11.3 Å². The number of aryl methyl sites for hydroxylation is 2. The second-order valence-corrected chi connectivity index (χ2v) is 6.05. The molecule has 4 heteroatoms. The van der Waals surface area contributed by atoms with Crippen molar-refractivity contribution >= 4 is 22.9 Å².